The minimum absolute atomic E-state index is 0.693. The molecular weight excluding hydrogens is 228 g/mol. The van der Waals surface area contributed by atoms with Gasteiger partial charge in [-0.05, 0) is 6.92 Å². The van der Waals surface area contributed by atoms with E-state index in [0.717, 1.165) is 15.1 Å². The lowest BCUT2D eigenvalue weighted by atomic mass is 10.3. The molecule has 2 atom stereocenters. The molecule has 0 amide bonds. The first-order chi connectivity index (χ1) is 4.61. The average Bonchev–Trinajstić information content (AvgIpc) is 1.82. The van der Waals surface area contributed by atoms with Crippen molar-refractivity contribution in [3.8, 4) is 0 Å². The van der Waals surface area contributed by atoms with Gasteiger partial charge < -0.3 is 0 Å². The Kier molecular flexibility index (Phi) is 3.45. The molecule has 0 bridgehead atoms. The molecule has 0 N–H and O–H groups in total. The van der Waals surface area contributed by atoms with Crippen LogP contribution in [0.5, 0.6) is 0 Å². The predicted octanol–water partition coefficient (Wildman–Crippen LogP) is 3.35. The Morgan fingerprint density at radius 1 is 1.00 bits per heavy atom. The molecule has 3 heteroatoms. The molecule has 1 aliphatic rings. The van der Waals surface area contributed by atoms with Crippen molar-refractivity contribution in [1.29, 1.82) is 0 Å². The monoisotopic (exact) mass is 240 g/mol. The molecule has 1 aliphatic heterocycles. The molecule has 60 valence electrons. The van der Waals surface area contributed by atoms with E-state index in [1.54, 1.807) is 0 Å². The zero-order chi connectivity index (χ0) is 7.72. The maximum Gasteiger partial charge on any atom is 0.0480 e. The van der Waals surface area contributed by atoms with Crippen LogP contribution in [0.3, 0.4) is 0 Å². The zero-order valence-electron chi connectivity index (χ0n) is 6.50. The Morgan fingerprint density at radius 3 is 1.80 bits per heavy atom. The second-order valence-corrected chi connectivity index (χ2v) is 7.50. The third-order valence-electron chi connectivity index (χ3n) is 1.71. The van der Waals surface area contributed by atoms with Gasteiger partial charge in [0.05, 0.1) is 0 Å². The van der Waals surface area contributed by atoms with Crippen LogP contribution in [0.25, 0.3) is 0 Å². The molecule has 0 saturated carbocycles. The van der Waals surface area contributed by atoms with Crippen LogP contribution in [-0.4, -0.2) is 19.9 Å². The van der Waals surface area contributed by atoms with Gasteiger partial charge in [0.2, 0.25) is 0 Å². The van der Waals surface area contributed by atoms with Gasteiger partial charge in [-0.25, -0.2) is 0 Å². The molecule has 0 aliphatic carbocycles. The molecule has 0 aromatic heterocycles. The Labute approximate surface area is 80.0 Å². The van der Waals surface area contributed by atoms with E-state index in [1.165, 1.54) is 0 Å². The van der Waals surface area contributed by atoms with Gasteiger partial charge >= 0.3 is 0 Å². The van der Waals surface area contributed by atoms with Crippen molar-refractivity contribution in [3.05, 3.63) is 0 Å². The summed E-state index contributed by atoms with van der Waals surface area (Å²) in [5, 5.41) is 1.54. The van der Waals surface area contributed by atoms with E-state index < -0.39 is 0 Å². The lowest BCUT2D eigenvalue weighted by Crippen LogP contribution is -2.30. The van der Waals surface area contributed by atoms with Crippen LogP contribution >= 0.6 is 39.5 Å². The van der Waals surface area contributed by atoms with Crippen molar-refractivity contribution in [2.45, 2.75) is 40.7 Å². The van der Waals surface area contributed by atoms with Gasteiger partial charge in [-0.1, -0.05) is 29.8 Å². The summed E-state index contributed by atoms with van der Waals surface area (Å²) in [5.74, 6) is 0. The first-order valence-electron chi connectivity index (χ1n) is 3.56. The maximum absolute atomic E-state index is 3.70. The van der Waals surface area contributed by atoms with Crippen LogP contribution in [0.15, 0.2) is 0 Å². The summed E-state index contributed by atoms with van der Waals surface area (Å²) in [6, 6.07) is 0. The SMILES string of the molecule is CC1SC(C)C(Br)C(C)S1. The van der Waals surface area contributed by atoms with Gasteiger partial charge in [0.1, 0.15) is 0 Å². The van der Waals surface area contributed by atoms with E-state index in [1.807, 2.05) is 0 Å². The normalized spacial score (nSPS) is 49.2. The topological polar surface area (TPSA) is 0 Å². The van der Waals surface area contributed by atoms with E-state index in [4.69, 9.17) is 0 Å². The molecule has 0 radical (unpaired) electrons. The summed E-state index contributed by atoms with van der Waals surface area (Å²) in [6.07, 6.45) is 0. The minimum atomic E-state index is 0.693. The van der Waals surface area contributed by atoms with Gasteiger partial charge in [-0.15, -0.1) is 23.5 Å². The summed E-state index contributed by atoms with van der Waals surface area (Å²) < 4.78 is 0.777. The first-order valence-corrected chi connectivity index (χ1v) is 6.36. The van der Waals surface area contributed by atoms with Crippen LogP contribution in [-0.2, 0) is 0 Å². The van der Waals surface area contributed by atoms with Gasteiger partial charge in [-0.2, -0.15) is 0 Å². The second-order valence-electron chi connectivity index (χ2n) is 2.69. The van der Waals surface area contributed by atoms with Crippen LogP contribution in [0.4, 0.5) is 0 Å². The Hall–Kier alpha value is 1.18. The predicted molar refractivity (Wildman–Crippen MR) is 56.3 cm³/mol. The standard InChI is InChI=1S/C7H13BrS2/c1-4-7(8)5(2)10-6(3)9-4/h4-7H,1-3H3. The highest BCUT2D eigenvalue weighted by Crippen LogP contribution is 2.42. The smallest absolute Gasteiger partial charge is 0.0480 e. The fourth-order valence-electron chi connectivity index (χ4n) is 1.17. The maximum atomic E-state index is 3.70. The van der Waals surface area contributed by atoms with E-state index >= 15 is 0 Å². The number of hydrogen-bond donors (Lipinski definition) is 0. The quantitative estimate of drug-likeness (QED) is 0.596. The molecular formula is C7H13BrS2. The highest BCUT2D eigenvalue weighted by atomic mass is 79.9. The lowest BCUT2D eigenvalue weighted by Gasteiger charge is -2.33. The van der Waals surface area contributed by atoms with Crippen molar-refractivity contribution < 1.29 is 0 Å². The van der Waals surface area contributed by atoms with Crippen LogP contribution in [0.1, 0.15) is 20.8 Å². The molecule has 0 nitrogen and oxygen atoms in total. The summed E-state index contributed by atoms with van der Waals surface area (Å²) in [5.41, 5.74) is 0. The molecule has 2 unspecified atom stereocenters. The Morgan fingerprint density at radius 2 is 1.40 bits per heavy atom. The highest BCUT2D eigenvalue weighted by molar-refractivity contribution is 9.09. The lowest BCUT2D eigenvalue weighted by molar-refractivity contribution is 0.825. The molecule has 1 heterocycles. The Balaban J connectivity index is 2.49. The van der Waals surface area contributed by atoms with Gasteiger partial charge in [0.15, 0.2) is 0 Å². The number of rotatable bonds is 0. The summed E-state index contributed by atoms with van der Waals surface area (Å²) in [4.78, 5) is 0.693. The number of hydrogen-bond acceptors (Lipinski definition) is 2. The second kappa shape index (κ2) is 3.72. The van der Waals surface area contributed by atoms with E-state index in [9.17, 15) is 0 Å². The average molecular weight is 241 g/mol. The largest absolute Gasteiger partial charge is 0.144 e. The van der Waals surface area contributed by atoms with Crippen molar-refractivity contribution in [2.24, 2.45) is 0 Å². The minimum Gasteiger partial charge on any atom is -0.144 e. The Bertz CT molecular complexity index is 106. The van der Waals surface area contributed by atoms with Gasteiger partial charge in [0, 0.05) is 19.9 Å². The summed E-state index contributed by atoms with van der Waals surface area (Å²) in [6.45, 7) is 6.90. The van der Waals surface area contributed by atoms with Gasteiger partial charge in [-0.3, -0.25) is 0 Å². The molecule has 1 fully saturated rings. The molecule has 1 saturated heterocycles. The molecule has 0 spiro atoms. The van der Waals surface area contributed by atoms with Crippen molar-refractivity contribution >= 4 is 39.5 Å². The first kappa shape index (κ1) is 9.27. The van der Waals surface area contributed by atoms with Crippen molar-refractivity contribution in [1.82, 2.24) is 0 Å². The number of alkyl halides is 1. The summed E-state index contributed by atoms with van der Waals surface area (Å²) in [7, 11) is 0. The van der Waals surface area contributed by atoms with Crippen LogP contribution in [0, 0.1) is 0 Å². The molecule has 0 aromatic rings. The molecule has 10 heavy (non-hydrogen) atoms. The fourth-order valence-corrected chi connectivity index (χ4v) is 5.30. The van der Waals surface area contributed by atoms with Crippen molar-refractivity contribution in [3.63, 3.8) is 0 Å². The summed E-state index contributed by atoms with van der Waals surface area (Å²) >= 11 is 7.84. The highest BCUT2D eigenvalue weighted by Gasteiger charge is 2.29. The van der Waals surface area contributed by atoms with Crippen LogP contribution in [0.2, 0.25) is 0 Å². The van der Waals surface area contributed by atoms with E-state index in [2.05, 4.69) is 60.2 Å². The number of halogens is 1. The van der Waals surface area contributed by atoms with E-state index in [-0.39, 0.29) is 0 Å². The third kappa shape index (κ3) is 2.08. The van der Waals surface area contributed by atoms with Gasteiger partial charge in [0.25, 0.3) is 0 Å². The van der Waals surface area contributed by atoms with E-state index in [0.29, 0.717) is 4.83 Å². The molecule has 1 rings (SSSR count). The van der Waals surface area contributed by atoms with Crippen molar-refractivity contribution in [2.75, 3.05) is 0 Å². The molecule has 0 aromatic carbocycles. The zero-order valence-corrected chi connectivity index (χ0v) is 9.72. The van der Waals surface area contributed by atoms with Crippen LogP contribution < -0.4 is 0 Å². The third-order valence-corrected chi connectivity index (χ3v) is 6.87. The number of thioether (sulfide) groups is 2. The fraction of sp³-hybridized carbons (Fsp3) is 1.00.